The second-order valence-electron chi connectivity index (χ2n) is 6.70. The lowest BCUT2D eigenvalue weighted by Gasteiger charge is -2.38. The number of carbonyl (C=O) groups excluding carboxylic acids is 1. The van der Waals surface area contributed by atoms with Gasteiger partial charge in [-0.2, -0.15) is 0 Å². The van der Waals surface area contributed by atoms with Gasteiger partial charge < -0.3 is 19.6 Å². The standard InChI is InChI=1S/C18H27ClN2O3/c1-4-24-17-6-5-15(8-16(17)19)18(23)21-10-13(9-20(2)3)7-14(11-21)12-22/h5-6,8,13-14,22H,4,7,9-12H2,1-3H3/t13-,14+/m0/s1. The van der Waals surface area contributed by atoms with Crippen LogP contribution in [0.5, 0.6) is 5.75 Å². The highest BCUT2D eigenvalue weighted by atomic mass is 35.5. The predicted octanol–water partition coefficient (Wildman–Crippen LogP) is 2.37. The fourth-order valence-electron chi connectivity index (χ4n) is 3.35. The third-order valence-electron chi connectivity index (χ3n) is 4.27. The number of nitrogens with zero attached hydrogens (tertiary/aromatic N) is 2. The maximum atomic E-state index is 12.8. The van der Waals surface area contributed by atoms with E-state index in [-0.39, 0.29) is 18.4 Å². The summed E-state index contributed by atoms with van der Waals surface area (Å²) in [6.45, 7) is 4.73. The number of aliphatic hydroxyl groups excluding tert-OH is 1. The first-order valence-corrected chi connectivity index (χ1v) is 8.79. The van der Waals surface area contributed by atoms with Crippen molar-refractivity contribution in [1.82, 2.24) is 9.80 Å². The maximum Gasteiger partial charge on any atom is 0.253 e. The first kappa shape index (κ1) is 19.0. The van der Waals surface area contributed by atoms with Gasteiger partial charge in [0.2, 0.25) is 0 Å². The average molecular weight is 355 g/mol. The van der Waals surface area contributed by atoms with Crippen LogP contribution in [0.1, 0.15) is 23.7 Å². The molecule has 0 aromatic heterocycles. The molecule has 1 heterocycles. The first-order chi connectivity index (χ1) is 11.4. The summed E-state index contributed by atoms with van der Waals surface area (Å²) in [6, 6.07) is 5.16. The summed E-state index contributed by atoms with van der Waals surface area (Å²) in [4.78, 5) is 16.8. The fraction of sp³-hybridized carbons (Fsp3) is 0.611. The van der Waals surface area contributed by atoms with Crippen molar-refractivity contribution < 1.29 is 14.6 Å². The van der Waals surface area contributed by atoms with Crippen LogP contribution < -0.4 is 4.74 Å². The third kappa shape index (κ3) is 4.85. The quantitative estimate of drug-likeness (QED) is 0.852. The molecule has 0 aliphatic carbocycles. The van der Waals surface area contributed by atoms with Gasteiger partial charge in [0.1, 0.15) is 5.75 Å². The SMILES string of the molecule is CCOc1ccc(C(=O)N2C[C@H](CO)C[C@@H](CN(C)C)C2)cc1Cl. The molecule has 0 spiro atoms. The molecule has 1 saturated heterocycles. The van der Waals surface area contributed by atoms with Gasteiger partial charge in [0.05, 0.1) is 11.6 Å². The molecule has 1 aliphatic rings. The van der Waals surface area contributed by atoms with Gasteiger partial charge in [0, 0.05) is 31.8 Å². The number of amides is 1. The van der Waals surface area contributed by atoms with Crippen LogP contribution in [0.2, 0.25) is 5.02 Å². The lowest BCUT2D eigenvalue weighted by Crippen LogP contribution is -2.47. The van der Waals surface area contributed by atoms with Crippen LogP contribution in [-0.2, 0) is 0 Å². The molecule has 0 bridgehead atoms. The molecule has 5 nitrogen and oxygen atoms in total. The normalized spacial score (nSPS) is 21.2. The Labute approximate surface area is 149 Å². The Bertz CT molecular complexity index is 565. The van der Waals surface area contributed by atoms with Gasteiger partial charge >= 0.3 is 0 Å². The molecule has 1 aliphatic heterocycles. The van der Waals surface area contributed by atoms with Crippen molar-refractivity contribution in [2.24, 2.45) is 11.8 Å². The van der Waals surface area contributed by atoms with Gasteiger partial charge in [0.15, 0.2) is 0 Å². The number of rotatable bonds is 6. The van der Waals surface area contributed by atoms with Crippen molar-refractivity contribution in [2.45, 2.75) is 13.3 Å². The molecule has 1 N–H and O–H groups in total. The molecule has 1 fully saturated rings. The van der Waals surface area contributed by atoms with Crippen molar-refractivity contribution in [2.75, 3.05) is 46.9 Å². The number of hydrogen-bond acceptors (Lipinski definition) is 4. The van der Waals surface area contributed by atoms with Gasteiger partial charge in [-0.15, -0.1) is 0 Å². The molecule has 1 aromatic carbocycles. The molecule has 24 heavy (non-hydrogen) atoms. The number of likely N-dealkylation sites (tertiary alicyclic amines) is 1. The largest absolute Gasteiger partial charge is 0.492 e. The van der Waals surface area contributed by atoms with Gasteiger partial charge in [-0.05, 0) is 57.5 Å². The molecule has 1 amide bonds. The number of aliphatic hydroxyl groups is 1. The van der Waals surface area contributed by atoms with Gasteiger partial charge in [-0.25, -0.2) is 0 Å². The Balaban J connectivity index is 2.13. The Morgan fingerprint density at radius 2 is 2.08 bits per heavy atom. The van der Waals surface area contributed by atoms with E-state index < -0.39 is 0 Å². The molecule has 2 atom stereocenters. The van der Waals surface area contributed by atoms with Crippen LogP contribution in [-0.4, -0.2) is 67.8 Å². The molecular formula is C18H27ClN2O3. The monoisotopic (exact) mass is 354 g/mol. The second kappa shape index (κ2) is 8.70. The van der Waals surface area contributed by atoms with Crippen LogP contribution in [0, 0.1) is 11.8 Å². The Kier molecular flexibility index (Phi) is 6.90. The number of carbonyl (C=O) groups is 1. The molecule has 1 aromatic rings. The summed E-state index contributed by atoms with van der Waals surface area (Å²) >= 11 is 6.20. The minimum atomic E-state index is -0.0399. The summed E-state index contributed by atoms with van der Waals surface area (Å²) in [5, 5.41) is 10.0. The second-order valence-corrected chi connectivity index (χ2v) is 7.11. The lowest BCUT2D eigenvalue weighted by molar-refractivity contribution is 0.0477. The third-order valence-corrected chi connectivity index (χ3v) is 4.57. The number of benzene rings is 1. The van der Waals surface area contributed by atoms with Gasteiger partial charge in [-0.1, -0.05) is 11.6 Å². The summed E-state index contributed by atoms with van der Waals surface area (Å²) < 4.78 is 5.42. The lowest BCUT2D eigenvalue weighted by atomic mass is 9.89. The highest BCUT2D eigenvalue weighted by Crippen LogP contribution is 2.28. The predicted molar refractivity (Wildman–Crippen MR) is 95.8 cm³/mol. The summed E-state index contributed by atoms with van der Waals surface area (Å²) in [7, 11) is 4.06. The molecule has 6 heteroatoms. The number of halogens is 1. The number of piperidine rings is 1. The van der Waals surface area contributed by atoms with Crippen molar-refractivity contribution in [3.8, 4) is 5.75 Å². The van der Waals surface area contributed by atoms with E-state index in [9.17, 15) is 9.90 Å². The smallest absolute Gasteiger partial charge is 0.253 e. The molecule has 0 unspecified atom stereocenters. The molecule has 0 radical (unpaired) electrons. The molecule has 134 valence electrons. The topological polar surface area (TPSA) is 53.0 Å². The minimum absolute atomic E-state index is 0.0399. The zero-order chi connectivity index (χ0) is 17.7. The van der Waals surface area contributed by atoms with Crippen molar-refractivity contribution >= 4 is 17.5 Å². The van der Waals surface area contributed by atoms with E-state index in [1.165, 1.54) is 0 Å². The zero-order valence-corrected chi connectivity index (χ0v) is 15.4. The van der Waals surface area contributed by atoms with E-state index >= 15 is 0 Å². The van der Waals surface area contributed by atoms with Crippen LogP contribution in [0.15, 0.2) is 18.2 Å². The van der Waals surface area contributed by atoms with Gasteiger partial charge in [0.25, 0.3) is 5.91 Å². The van der Waals surface area contributed by atoms with Crippen molar-refractivity contribution in [3.63, 3.8) is 0 Å². The van der Waals surface area contributed by atoms with E-state index in [0.717, 1.165) is 13.0 Å². The minimum Gasteiger partial charge on any atom is -0.492 e. The van der Waals surface area contributed by atoms with Crippen LogP contribution in [0.4, 0.5) is 0 Å². The molecular weight excluding hydrogens is 328 g/mol. The van der Waals surface area contributed by atoms with Crippen LogP contribution >= 0.6 is 11.6 Å². The van der Waals surface area contributed by atoms with Crippen molar-refractivity contribution in [1.29, 1.82) is 0 Å². The van der Waals surface area contributed by atoms with E-state index in [1.807, 2.05) is 25.9 Å². The summed E-state index contributed by atoms with van der Waals surface area (Å²) in [5.41, 5.74) is 0.561. The van der Waals surface area contributed by atoms with Crippen molar-refractivity contribution in [3.05, 3.63) is 28.8 Å². The Morgan fingerprint density at radius 1 is 1.38 bits per heavy atom. The number of ether oxygens (including phenoxy) is 1. The van der Waals surface area contributed by atoms with Gasteiger partial charge in [-0.3, -0.25) is 4.79 Å². The maximum absolute atomic E-state index is 12.8. The van der Waals surface area contributed by atoms with E-state index in [0.29, 0.717) is 41.9 Å². The number of hydrogen-bond donors (Lipinski definition) is 1. The molecule has 2 rings (SSSR count). The highest BCUT2D eigenvalue weighted by Gasteiger charge is 2.30. The van der Waals surface area contributed by atoms with E-state index in [4.69, 9.17) is 16.3 Å². The Hall–Kier alpha value is -1.30. The van der Waals surface area contributed by atoms with Crippen LogP contribution in [0.25, 0.3) is 0 Å². The fourth-order valence-corrected chi connectivity index (χ4v) is 3.59. The molecule has 0 saturated carbocycles. The summed E-state index contributed by atoms with van der Waals surface area (Å²) in [6.07, 6.45) is 0.947. The highest BCUT2D eigenvalue weighted by molar-refractivity contribution is 6.32. The summed E-state index contributed by atoms with van der Waals surface area (Å²) in [5.74, 6) is 1.05. The van der Waals surface area contributed by atoms with E-state index in [1.54, 1.807) is 18.2 Å². The zero-order valence-electron chi connectivity index (χ0n) is 14.7. The van der Waals surface area contributed by atoms with Crippen LogP contribution in [0.3, 0.4) is 0 Å². The first-order valence-electron chi connectivity index (χ1n) is 8.41. The van der Waals surface area contributed by atoms with E-state index in [2.05, 4.69) is 4.90 Å². The Morgan fingerprint density at radius 3 is 2.67 bits per heavy atom. The average Bonchev–Trinajstić information content (AvgIpc) is 2.55.